The van der Waals surface area contributed by atoms with Crippen LogP contribution >= 0.6 is 23.2 Å². The van der Waals surface area contributed by atoms with Crippen LogP contribution in [0.4, 0.5) is 5.69 Å². The SMILES string of the molecule is Cc1cccc(-n2cc(Oc3c(Cl)cc(N4N=C(C#N)C(O)NC4O)cc3Cl)ccc2=O)c1. The number of hydrogen-bond donors (Lipinski definition) is 3. The third-order valence-electron chi connectivity index (χ3n) is 4.76. The minimum Gasteiger partial charge on any atom is -0.453 e. The second kappa shape index (κ2) is 9.23. The number of nitrogens with one attached hydrogen (secondary N) is 1. The number of aliphatic hydroxyl groups is 2. The molecule has 0 fully saturated rings. The van der Waals surface area contributed by atoms with Crippen molar-refractivity contribution in [3.05, 3.63) is 80.7 Å². The maximum Gasteiger partial charge on any atom is 0.255 e. The van der Waals surface area contributed by atoms with Crippen LogP contribution < -0.4 is 20.6 Å². The third-order valence-corrected chi connectivity index (χ3v) is 5.32. The molecule has 0 saturated heterocycles. The van der Waals surface area contributed by atoms with E-state index in [4.69, 9.17) is 33.2 Å². The zero-order chi connectivity index (χ0) is 23.7. The van der Waals surface area contributed by atoms with Gasteiger partial charge in [-0.1, -0.05) is 35.3 Å². The van der Waals surface area contributed by atoms with Crippen LogP contribution in [0, 0.1) is 18.3 Å². The lowest BCUT2D eigenvalue weighted by molar-refractivity contribution is 0.0631. The molecule has 0 spiro atoms. The molecule has 3 aromatic rings. The summed E-state index contributed by atoms with van der Waals surface area (Å²) in [5, 5.41) is 36.5. The maximum absolute atomic E-state index is 12.4. The Balaban J connectivity index is 1.67. The van der Waals surface area contributed by atoms with Crippen molar-refractivity contribution >= 4 is 34.6 Å². The number of ether oxygens (including phenoxy) is 1. The molecule has 1 aliphatic heterocycles. The lowest BCUT2D eigenvalue weighted by atomic mass is 10.2. The average molecular weight is 486 g/mol. The minimum absolute atomic E-state index is 0.0952. The summed E-state index contributed by atoms with van der Waals surface area (Å²) in [6.07, 6.45) is -1.30. The van der Waals surface area contributed by atoms with Crippen LogP contribution in [0.5, 0.6) is 11.5 Å². The van der Waals surface area contributed by atoms with Crippen molar-refractivity contribution in [2.75, 3.05) is 5.01 Å². The summed E-state index contributed by atoms with van der Waals surface area (Å²) < 4.78 is 7.31. The summed E-state index contributed by atoms with van der Waals surface area (Å²) in [6, 6.07) is 14.9. The fourth-order valence-electron chi connectivity index (χ4n) is 3.20. The number of pyridine rings is 1. The highest BCUT2D eigenvalue weighted by molar-refractivity contribution is 6.37. The molecule has 33 heavy (non-hydrogen) atoms. The first-order valence-electron chi connectivity index (χ1n) is 9.63. The zero-order valence-corrected chi connectivity index (χ0v) is 18.6. The molecule has 9 nitrogen and oxygen atoms in total. The van der Waals surface area contributed by atoms with Gasteiger partial charge in [-0.25, -0.2) is 10.3 Å². The van der Waals surface area contributed by atoms with E-state index in [0.29, 0.717) is 11.4 Å². The Hall–Kier alpha value is -3.39. The lowest BCUT2D eigenvalue weighted by Gasteiger charge is -2.32. The smallest absolute Gasteiger partial charge is 0.255 e. The van der Waals surface area contributed by atoms with Crippen molar-refractivity contribution < 1.29 is 14.9 Å². The Bertz CT molecular complexity index is 1330. The molecule has 2 atom stereocenters. The summed E-state index contributed by atoms with van der Waals surface area (Å²) in [5.74, 6) is 0.445. The van der Waals surface area contributed by atoms with Gasteiger partial charge in [0.15, 0.2) is 17.7 Å². The highest BCUT2D eigenvalue weighted by atomic mass is 35.5. The number of anilines is 1. The molecule has 0 amide bonds. The quantitative estimate of drug-likeness (QED) is 0.518. The average Bonchev–Trinajstić information content (AvgIpc) is 2.77. The van der Waals surface area contributed by atoms with Gasteiger partial charge in [0.2, 0.25) is 6.35 Å². The van der Waals surface area contributed by atoms with Gasteiger partial charge in [-0.05, 0) is 42.8 Å². The lowest BCUT2D eigenvalue weighted by Crippen LogP contribution is -2.55. The number of hydrogen-bond acceptors (Lipinski definition) is 8. The summed E-state index contributed by atoms with van der Waals surface area (Å²) >= 11 is 12.8. The Morgan fingerprint density at radius 3 is 2.52 bits per heavy atom. The molecule has 1 aromatic heterocycles. The van der Waals surface area contributed by atoms with E-state index in [0.717, 1.165) is 10.6 Å². The van der Waals surface area contributed by atoms with Crippen LogP contribution in [0.3, 0.4) is 0 Å². The second-order valence-electron chi connectivity index (χ2n) is 7.14. The monoisotopic (exact) mass is 485 g/mol. The number of aryl methyl sites for hydroxylation is 1. The van der Waals surface area contributed by atoms with Crippen molar-refractivity contribution in [1.82, 2.24) is 9.88 Å². The summed E-state index contributed by atoms with van der Waals surface area (Å²) in [7, 11) is 0. The number of hydrazone groups is 1. The van der Waals surface area contributed by atoms with Crippen molar-refractivity contribution in [3.63, 3.8) is 0 Å². The van der Waals surface area contributed by atoms with Crippen molar-refractivity contribution in [3.8, 4) is 23.3 Å². The van der Waals surface area contributed by atoms with Crippen LogP contribution in [0.2, 0.25) is 10.0 Å². The molecule has 11 heteroatoms. The van der Waals surface area contributed by atoms with Crippen molar-refractivity contribution in [1.29, 1.82) is 5.26 Å². The summed E-state index contributed by atoms with van der Waals surface area (Å²) in [4.78, 5) is 12.4. The molecule has 3 N–H and O–H groups in total. The molecular weight excluding hydrogens is 469 g/mol. The molecule has 0 aliphatic carbocycles. The van der Waals surface area contributed by atoms with E-state index in [1.807, 2.05) is 25.1 Å². The van der Waals surface area contributed by atoms with E-state index >= 15 is 0 Å². The third kappa shape index (κ3) is 4.71. The molecule has 2 heterocycles. The van der Waals surface area contributed by atoms with E-state index in [1.54, 1.807) is 12.1 Å². The number of aromatic nitrogens is 1. The molecule has 168 valence electrons. The number of aliphatic hydroxyl groups excluding tert-OH is 2. The van der Waals surface area contributed by atoms with Crippen molar-refractivity contribution in [2.24, 2.45) is 5.10 Å². The van der Waals surface area contributed by atoms with E-state index in [2.05, 4.69) is 10.4 Å². The Morgan fingerprint density at radius 1 is 1.12 bits per heavy atom. The van der Waals surface area contributed by atoms with Gasteiger partial charge < -0.3 is 14.9 Å². The normalized spacial score (nSPS) is 17.9. The molecule has 1 aliphatic rings. The number of rotatable bonds is 4. The molecule has 0 saturated carbocycles. The molecule has 2 unspecified atom stereocenters. The van der Waals surface area contributed by atoms with E-state index in [1.165, 1.54) is 35.0 Å². The fourth-order valence-corrected chi connectivity index (χ4v) is 3.75. The van der Waals surface area contributed by atoms with Gasteiger partial charge >= 0.3 is 0 Å². The van der Waals surface area contributed by atoms with Gasteiger partial charge in [0, 0.05) is 11.8 Å². The second-order valence-corrected chi connectivity index (χ2v) is 7.95. The van der Waals surface area contributed by atoms with Crippen LogP contribution in [-0.4, -0.2) is 33.1 Å². The van der Waals surface area contributed by atoms with Gasteiger partial charge in [0.25, 0.3) is 5.56 Å². The molecule has 4 rings (SSSR count). The first-order chi connectivity index (χ1) is 15.8. The van der Waals surface area contributed by atoms with Gasteiger partial charge in [-0.2, -0.15) is 10.4 Å². The van der Waals surface area contributed by atoms with E-state index in [9.17, 15) is 15.0 Å². The summed E-state index contributed by atoms with van der Waals surface area (Å²) in [6.45, 7) is 1.93. The highest BCUT2D eigenvalue weighted by Crippen LogP contribution is 2.40. The van der Waals surface area contributed by atoms with Gasteiger partial charge in [0.05, 0.1) is 21.9 Å². The Morgan fingerprint density at radius 2 is 1.85 bits per heavy atom. The van der Waals surface area contributed by atoms with Crippen molar-refractivity contribution in [2.45, 2.75) is 19.5 Å². The standard InChI is InChI=1S/C22H17Cl2N5O4/c1-12-3-2-4-13(7-12)28-11-15(5-6-19(28)30)33-20-16(23)8-14(9-17(20)24)29-22(32)26-21(31)18(10-25)27-29/h2-9,11,21-22,26,31-32H,1H3. The number of benzene rings is 2. The fraction of sp³-hybridized carbons (Fsp3) is 0.136. The van der Waals surface area contributed by atoms with Crippen LogP contribution in [0.25, 0.3) is 5.69 Å². The predicted octanol–water partition coefficient (Wildman–Crippen LogP) is 3.13. The largest absolute Gasteiger partial charge is 0.453 e. The predicted molar refractivity (Wildman–Crippen MR) is 124 cm³/mol. The molecular formula is C22H17Cl2N5O4. The van der Waals surface area contributed by atoms with E-state index in [-0.39, 0.29) is 32.8 Å². The van der Waals surface area contributed by atoms with Gasteiger partial charge in [0.1, 0.15) is 11.8 Å². The maximum atomic E-state index is 12.4. The van der Waals surface area contributed by atoms with Crippen LogP contribution in [0.15, 0.2) is 64.6 Å². The zero-order valence-electron chi connectivity index (χ0n) is 17.1. The number of halogens is 2. The number of nitrogens with zero attached hydrogens (tertiary/aromatic N) is 4. The minimum atomic E-state index is -1.42. The van der Waals surface area contributed by atoms with E-state index < -0.39 is 12.6 Å². The Kier molecular flexibility index (Phi) is 6.37. The number of nitriles is 1. The van der Waals surface area contributed by atoms with Crippen LogP contribution in [0.1, 0.15) is 5.56 Å². The van der Waals surface area contributed by atoms with Gasteiger partial charge in [-0.15, -0.1) is 0 Å². The summed E-state index contributed by atoms with van der Waals surface area (Å²) in [5.41, 5.74) is 1.45. The van der Waals surface area contributed by atoms with Gasteiger partial charge in [-0.3, -0.25) is 9.36 Å². The highest BCUT2D eigenvalue weighted by Gasteiger charge is 2.29. The molecule has 0 bridgehead atoms. The van der Waals surface area contributed by atoms with Crippen LogP contribution in [-0.2, 0) is 0 Å². The molecule has 2 aromatic carbocycles. The molecule has 0 radical (unpaired) electrons. The first kappa shape index (κ1) is 22.8. The topological polar surface area (TPSA) is 123 Å². The first-order valence-corrected chi connectivity index (χ1v) is 10.4. The Labute approximate surface area is 198 Å².